The molecule has 122 valence electrons. The van der Waals surface area contributed by atoms with Crippen molar-refractivity contribution in [3.63, 3.8) is 0 Å². The average molecular weight is 382 g/mol. The molecule has 0 radical (unpaired) electrons. The van der Waals surface area contributed by atoms with Crippen molar-refractivity contribution in [2.45, 2.75) is 6.54 Å². The number of hydrogen-bond acceptors (Lipinski definition) is 4. The first-order chi connectivity index (χ1) is 11.0. The van der Waals surface area contributed by atoms with E-state index in [0.29, 0.717) is 0 Å². The van der Waals surface area contributed by atoms with Crippen molar-refractivity contribution in [1.29, 1.82) is 0 Å². The van der Waals surface area contributed by atoms with E-state index < -0.39 is 11.9 Å². The maximum atomic E-state index is 11.9. The monoisotopic (exact) mass is 381 g/mol. The van der Waals surface area contributed by atoms with Crippen LogP contribution in [0.5, 0.6) is 0 Å². The third-order valence-corrected chi connectivity index (χ3v) is 3.65. The van der Waals surface area contributed by atoms with Crippen LogP contribution in [0.2, 0.25) is 0 Å². The van der Waals surface area contributed by atoms with E-state index in [9.17, 15) is 14.4 Å². The first-order valence-corrected chi connectivity index (χ1v) is 7.63. The number of methoxy groups -OCH3 is 1. The van der Waals surface area contributed by atoms with Crippen LogP contribution in [0.1, 0.15) is 0 Å². The summed E-state index contributed by atoms with van der Waals surface area (Å²) in [5.41, 5.74) is 0.921. The molecule has 0 bridgehead atoms. The number of benzene rings is 1. The van der Waals surface area contributed by atoms with Gasteiger partial charge in [-0.25, -0.2) is 0 Å². The van der Waals surface area contributed by atoms with Crippen molar-refractivity contribution in [3.05, 3.63) is 34.9 Å². The molecule has 1 heterocycles. The first kappa shape index (κ1) is 17.0. The van der Waals surface area contributed by atoms with Crippen molar-refractivity contribution in [2.75, 3.05) is 20.2 Å². The van der Waals surface area contributed by atoms with E-state index in [0.717, 1.165) is 15.4 Å². The Labute approximate surface area is 141 Å². The third-order valence-electron chi connectivity index (χ3n) is 3.15. The summed E-state index contributed by atoms with van der Waals surface area (Å²) in [5.74, 6) is -1.30. The molecule has 0 aliphatic rings. The van der Waals surface area contributed by atoms with E-state index in [1.807, 2.05) is 30.5 Å². The van der Waals surface area contributed by atoms with Gasteiger partial charge in [-0.05, 0) is 23.6 Å². The Kier molecular flexibility index (Phi) is 5.75. The predicted molar refractivity (Wildman–Crippen MR) is 87.7 cm³/mol. The van der Waals surface area contributed by atoms with Crippen LogP contribution in [0.4, 0.5) is 0 Å². The second-order valence-electron chi connectivity index (χ2n) is 4.78. The van der Waals surface area contributed by atoms with Gasteiger partial charge >= 0.3 is 5.97 Å². The number of hydrogen-bond donors (Lipinski definition) is 2. The van der Waals surface area contributed by atoms with Crippen LogP contribution in [0, 0.1) is 0 Å². The van der Waals surface area contributed by atoms with Crippen LogP contribution < -0.4 is 10.6 Å². The maximum Gasteiger partial charge on any atom is 0.325 e. The molecule has 0 atom stereocenters. The molecule has 0 saturated heterocycles. The standard InChI is InChI=1S/C15H16BrN3O4/c1-23-15(22)8-18-13(20)7-17-14(21)9-19-5-4-10-2-3-11(16)6-12(10)19/h2-6H,7-9H2,1H3,(H,17,21)(H,18,20). The van der Waals surface area contributed by atoms with Crippen LogP contribution in [-0.2, 0) is 25.7 Å². The minimum atomic E-state index is -0.547. The topological polar surface area (TPSA) is 89.4 Å². The molecule has 2 aromatic rings. The van der Waals surface area contributed by atoms with Gasteiger partial charge in [0.05, 0.1) is 13.7 Å². The molecule has 0 fully saturated rings. The first-order valence-electron chi connectivity index (χ1n) is 6.84. The molecule has 1 aromatic carbocycles. The highest BCUT2D eigenvalue weighted by atomic mass is 79.9. The molecule has 2 rings (SSSR count). The molecule has 2 N–H and O–H groups in total. The third kappa shape index (κ3) is 4.82. The van der Waals surface area contributed by atoms with Crippen LogP contribution >= 0.6 is 15.9 Å². The lowest BCUT2D eigenvalue weighted by atomic mass is 10.2. The van der Waals surface area contributed by atoms with E-state index in [1.165, 1.54) is 7.11 Å². The Hall–Kier alpha value is -2.35. The Bertz CT molecular complexity index is 741. The zero-order valence-electron chi connectivity index (χ0n) is 12.5. The number of esters is 1. The zero-order valence-corrected chi connectivity index (χ0v) is 14.1. The molecule has 2 amide bonds. The van der Waals surface area contributed by atoms with Gasteiger partial charge in [0, 0.05) is 16.2 Å². The van der Waals surface area contributed by atoms with Gasteiger partial charge in [-0.1, -0.05) is 22.0 Å². The summed E-state index contributed by atoms with van der Waals surface area (Å²) >= 11 is 3.40. The minimum Gasteiger partial charge on any atom is -0.468 e. The molecule has 0 unspecified atom stereocenters. The molecule has 0 aliphatic carbocycles. The van der Waals surface area contributed by atoms with Crippen LogP contribution in [0.3, 0.4) is 0 Å². The molecule has 0 saturated carbocycles. The fourth-order valence-electron chi connectivity index (χ4n) is 1.99. The van der Waals surface area contributed by atoms with Gasteiger partial charge in [-0.2, -0.15) is 0 Å². The number of carbonyl (C=O) groups excluding carboxylic acids is 3. The number of aromatic nitrogens is 1. The molecule has 7 nitrogen and oxygen atoms in total. The quantitative estimate of drug-likeness (QED) is 0.724. The Morgan fingerprint density at radius 1 is 1.13 bits per heavy atom. The number of ether oxygens (including phenoxy) is 1. The molecular weight excluding hydrogens is 366 g/mol. The van der Waals surface area contributed by atoms with Gasteiger partial charge < -0.3 is 19.9 Å². The number of fused-ring (bicyclic) bond motifs is 1. The van der Waals surface area contributed by atoms with Crippen molar-refractivity contribution in [2.24, 2.45) is 0 Å². The normalized spacial score (nSPS) is 10.3. The highest BCUT2D eigenvalue weighted by Crippen LogP contribution is 2.20. The van der Waals surface area contributed by atoms with Crippen molar-refractivity contribution in [3.8, 4) is 0 Å². The largest absolute Gasteiger partial charge is 0.468 e. The zero-order chi connectivity index (χ0) is 16.8. The lowest BCUT2D eigenvalue weighted by Crippen LogP contribution is -2.40. The van der Waals surface area contributed by atoms with Gasteiger partial charge in [-0.3, -0.25) is 14.4 Å². The van der Waals surface area contributed by atoms with Crippen LogP contribution in [-0.4, -0.2) is 42.6 Å². The predicted octanol–water partition coefficient (Wildman–Crippen LogP) is 0.809. The lowest BCUT2D eigenvalue weighted by molar-refractivity contribution is -0.141. The van der Waals surface area contributed by atoms with Gasteiger partial charge in [0.25, 0.3) is 0 Å². The van der Waals surface area contributed by atoms with Crippen molar-refractivity contribution in [1.82, 2.24) is 15.2 Å². The van der Waals surface area contributed by atoms with Gasteiger partial charge in [0.1, 0.15) is 13.1 Å². The van der Waals surface area contributed by atoms with E-state index in [1.54, 1.807) is 4.57 Å². The second-order valence-corrected chi connectivity index (χ2v) is 5.69. The van der Waals surface area contributed by atoms with Gasteiger partial charge in [0.2, 0.25) is 11.8 Å². The summed E-state index contributed by atoms with van der Waals surface area (Å²) in [5, 5.41) is 5.87. The smallest absolute Gasteiger partial charge is 0.325 e. The van der Waals surface area contributed by atoms with E-state index in [-0.39, 0.29) is 25.5 Å². The summed E-state index contributed by atoms with van der Waals surface area (Å²) in [4.78, 5) is 34.3. The SMILES string of the molecule is COC(=O)CNC(=O)CNC(=O)Cn1ccc2ccc(Br)cc21. The molecule has 23 heavy (non-hydrogen) atoms. The number of amides is 2. The van der Waals surface area contributed by atoms with Crippen LogP contribution in [0.15, 0.2) is 34.9 Å². The summed E-state index contributed by atoms with van der Waals surface area (Å²) < 4.78 is 7.12. The van der Waals surface area contributed by atoms with Crippen molar-refractivity contribution < 1.29 is 19.1 Å². The fraction of sp³-hybridized carbons (Fsp3) is 0.267. The summed E-state index contributed by atoms with van der Waals surface area (Å²) in [7, 11) is 1.23. The molecule has 1 aromatic heterocycles. The molecule has 8 heteroatoms. The number of carbonyl (C=O) groups is 3. The van der Waals surface area contributed by atoms with Crippen molar-refractivity contribution >= 4 is 44.6 Å². The fourth-order valence-corrected chi connectivity index (χ4v) is 2.34. The summed E-state index contributed by atoms with van der Waals surface area (Å²) in [6.45, 7) is -0.315. The Morgan fingerprint density at radius 3 is 2.61 bits per heavy atom. The average Bonchev–Trinajstić information content (AvgIpc) is 2.92. The highest BCUT2D eigenvalue weighted by molar-refractivity contribution is 9.10. The molecule has 0 aliphatic heterocycles. The summed E-state index contributed by atoms with van der Waals surface area (Å²) in [6, 6.07) is 7.72. The van der Waals surface area contributed by atoms with Gasteiger partial charge in [0.15, 0.2) is 0 Å². The minimum absolute atomic E-state index is 0.101. The molecule has 0 spiro atoms. The highest BCUT2D eigenvalue weighted by Gasteiger charge is 2.09. The summed E-state index contributed by atoms with van der Waals surface area (Å²) in [6.07, 6.45) is 1.81. The molecular formula is C15H16BrN3O4. The van der Waals surface area contributed by atoms with Gasteiger partial charge in [-0.15, -0.1) is 0 Å². The van der Waals surface area contributed by atoms with E-state index in [4.69, 9.17) is 0 Å². The van der Waals surface area contributed by atoms with E-state index >= 15 is 0 Å². The second kappa shape index (κ2) is 7.77. The maximum absolute atomic E-state index is 11.9. The van der Waals surface area contributed by atoms with E-state index in [2.05, 4.69) is 31.3 Å². The number of rotatable bonds is 6. The number of nitrogens with zero attached hydrogens (tertiary/aromatic N) is 1. The number of halogens is 1. The Morgan fingerprint density at radius 2 is 1.87 bits per heavy atom. The van der Waals surface area contributed by atoms with Crippen LogP contribution in [0.25, 0.3) is 10.9 Å². The lowest BCUT2D eigenvalue weighted by Gasteiger charge is -2.08. The number of nitrogens with one attached hydrogen (secondary N) is 2. The Balaban J connectivity index is 1.85.